The van der Waals surface area contributed by atoms with Gasteiger partial charge in [0.1, 0.15) is 0 Å². The molecular formula is C19H17ClN2O5S. The Balaban J connectivity index is 1.63. The number of benzene rings is 2. The Morgan fingerprint density at radius 3 is 2.43 bits per heavy atom. The molecule has 9 heteroatoms. The number of halogens is 1. The monoisotopic (exact) mass is 420 g/mol. The molecule has 1 aliphatic heterocycles. The van der Waals surface area contributed by atoms with E-state index >= 15 is 0 Å². The van der Waals surface area contributed by atoms with Gasteiger partial charge in [0.05, 0.1) is 27.5 Å². The van der Waals surface area contributed by atoms with E-state index in [1.54, 1.807) is 6.07 Å². The second kappa shape index (κ2) is 7.73. The zero-order chi connectivity index (χ0) is 20.5. The van der Waals surface area contributed by atoms with Crippen LogP contribution < -0.4 is 5.32 Å². The molecule has 0 saturated heterocycles. The zero-order valence-electron chi connectivity index (χ0n) is 14.9. The lowest BCUT2D eigenvalue weighted by atomic mass is 10.1. The first-order valence-electron chi connectivity index (χ1n) is 8.44. The Kier molecular flexibility index (Phi) is 5.53. The summed E-state index contributed by atoms with van der Waals surface area (Å²) in [6.45, 7) is 0. The highest BCUT2D eigenvalue weighted by Gasteiger charge is 2.35. The van der Waals surface area contributed by atoms with Gasteiger partial charge >= 0.3 is 0 Å². The van der Waals surface area contributed by atoms with Crippen molar-refractivity contribution >= 4 is 44.8 Å². The molecule has 3 amide bonds. The van der Waals surface area contributed by atoms with Gasteiger partial charge in [0.2, 0.25) is 5.91 Å². The van der Waals surface area contributed by atoms with Crippen molar-refractivity contribution in [2.24, 2.45) is 0 Å². The van der Waals surface area contributed by atoms with Crippen LogP contribution in [0.5, 0.6) is 0 Å². The first-order valence-corrected chi connectivity index (χ1v) is 10.5. The van der Waals surface area contributed by atoms with Crippen LogP contribution in [-0.2, 0) is 14.6 Å². The van der Waals surface area contributed by atoms with Crippen LogP contribution in [0.3, 0.4) is 0 Å². The van der Waals surface area contributed by atoms with Gasteiger partial charge in [-0.05, 0) is 42.8 Å². The third-order valence-corrected chi connectivity index (χ3v) is 6.45. The fourth-order valence-corrected chi connectivity index (χ4v) is 4.34. The number of carbonyl (C=O) groups excluding carboxylic acids is 3. The Bertz CT molecular complexity index is 1060. The predicted molar refractivity (Wildman–Crippen MR) is 104 cm³/mol. The summed E-state index contributed by atoms with van der Waals surface area (Å²) in [6, 6.07) is 10.5. The molecule has 2 aromatic carbocycles. The van der Waals surface area contributed by atoms with Crippen LogP contribution in [0.15, 0.2) is 47.4 Å². The van der Waals surface area contributed by atoms with Crippen molar-refractivity contribution in [1.29, 1.82) is 0 Å². The average Bonchev–Trinajstić information content (AvgIpc) is 2.87. The maximum atomic E-state index is 12.3. The number of fused-ring (bicyclic) bond motifs is 1. The topological polar surface area (TPSA) is 101 Å². The molecule has 0 aromatic heterocycles. The van der Waals surface area contributed by atoms with Crippen LogP contribution in [0.4, 0.5) is 5.69 Å². The minimum absolute atomic E-state index is 0.0472. The molecule has 0 radical (unpaired) electrons. The quantitative estimate of drug-likeness (QED) is 0.724. The van der Waals surface area contributed by atoms with Crippen LogP contribution in [0.2, 0.25) is 5.02 Å². The minimum atomic E-state index is -3.52. The highest BCUT2D eigenvalue weighted by molar-refractivity contribution is 7.91. The molecule has 1 aliphatic rings. The van der Waals surface area contributed by atoms with Gasteiger partial charge in [-0.1, -0.05) is 17.7 Å². The molecule has 0 spiro atoms. The summed E-state index contributed by atoms with van der Waals surface area (Å²) in [6.07, 6.45) is 0.0626. The van der Waals surface area contributed by atoms with Gasteiger partial charge in [-0.15, -0.1) is 0 Å². The summed E-state index contributed by atoms with van der Waals surface area (Å²) in [4.78, 5) is 37.5. The second-order valence-corrected chi connectivity index (χ2v) is 8.87. The summed E-state index contributed by atoms with van der Waals surface area (Å²) < 4.78 is 24.6. The van der Waals surface area contributed by atoms with Gasteiger partial charge in [0.15, 0.2) is 9.84 Å². The van der Waals surface area contributed by atoms with Crippen LogP contribution in [0.1, 0.15) is 33.6 Å². The van der Waals surface area contributed by atoms with Gasteiger partial charge in [-0.25, -0.2) is 8.42 Å². The number of sulfone groups is 1. The molecule has 1 N–H and O–H groups in total. The number of nitrogens with one attached hydrogen (secondary N) is 1. The third kappa shape index (κ3) is 3.93. The lowest BCUT2D eigenvalue weighted by molar-refractivity contribution is -0.116. The van der Waals surface area contributed by atoms with Crippen molar-refractivity contribution < 1.29 is 22.8 Å². The van der Waals surface area contributed by atoms with E-state index in [1.165, 1.54) is 43.4 Å². The Hall–Kier alpha value is -2.71. The SMILES string of the molecule is CN1C(=O)c2cccc(NC(=O)CCCS(=O)(=O)c3ccc(Cl)cc3)c2C1=O. The number of hydrogen-bond donors (Lipinski definition) is 1. The van der Waals surface area contributed by atoms with Gasteiger partial charge in [-0.2, -0.15) is 0 Å². The molecule has 0 unspecified atom stereocenters. The number of anilines is 1. The van der Waals surface area contributed by atoms with E-state index in [0.717, 1.165) is 4.90 Å². The Labute approximate surface area is 167 Å². The van der Waals surface area contributed by atoms with E-state index < -0.39 is 27.6 Å². The predicted octanol–water partition coefficient (Wildman–Crippen LogP) is 2.76. The fraction of sp³-hybridized carbons (Fsp3) is 0.211. The van der Waals surface area contributed by atoms with Crippen molar-refractivity contribution in [3.05, 3.63) is 58.6 Å². The largest absolute Gasteiger partial charge is 0.325 e. The maximum absolute atomic E-state index is 12.3. The first-order chi connectivity index (χ1) is 13.2. The molecule has 7 nitrogen and oxygen atoms in total. The minimum Gasteiger partial charge on any atom is -0.325 e. The van der Waals surface area contributed by atoms with Crippen LogP contribution >= 0.6 is 11.6 Å². The molecule has 146 valence electrons. The lowest BCUT2D eigenvalue weighted by Gasteiger charge is -2.09. The van der Waals surface area contributed by atoms with E-state index in [0.29, 0.717) is 5.02 Å². The van der Waals surface area contributed by atoms with E-state index in [1.807, 2.05) is 0 Å². The van der Waals surface area contributed by atoms with Gasteiger partial charge in [0.25, 0.3) is 11.8 Å². The van der Waals surface area contributed by atoms with Gasteiger partial charge in [0, 0.05) is 18.5 Å². The van der Waals surface area contributed by atoms with E-state index in [2.05, 4.69) is 5.32 Å². The summed E-state index contributed by atoms with van der Waals surface area (Å²) in [5.41, 5.74) is 0.624. The summed E-state index contributed by atoms with van der Waals surface area (Å²) >= 11 is 5.76. The number of rotatable bonds is 6. The van der Waals surface area contributed by atoms with Crippen LogP contribution in [-0.4, -0.2) is 43.8 Å². The van der Waals surface area contributed by atoms with Crippen molar-refractivity contribution in [2.45, 2.75) is 17.7 Å². The molecular weight excluding hydrogens is 404 g/mol. The molecule has 3 rings (SSSR count). The molecule has 0 aliphatic carbocycles. The summed E-state index contributed by atoms with van der Waals surface area (Å²) in [7, 11) is -2.15. The normalized spacial score (nSPS) is 13.6. The van der Waals surface area contributed by atoms with Crippen molar-refractivity contribution in [3.63, 3.8) is 0 Å². The molecule has 0 saturated carbocycles. The van der Waals surface area contributed by atoms with Crippen molar-refractivity contribution in [2.75, 3.05) is 18.1 Å². The lowest BCUT2D eigenvalue weighted by Crippen LogP contribution is -2.24. The molecule has 0 bridgehead atoms. The Morgan fingerprint density at radius 1 is 1.07 bits per heavy atom. The second-order valence-electron chi connectivity index (χ2n) is 6.32. The highest BCUT2D eigenvalue weighted by Crippen LogP contribution is 2.28. The Morgan fingerprint density at radius 2 is 1.75 bits per heavy atom. The summed E-state index contributed by atoms with van der Waals surface area (Å²) in [5, 5.41) is 3.03. The van der Waals surface area contributed by atoms with Crippen molar-refractivity contribution in [1.82, 2.24) is 4.90 Å². The third-order valence-electron chi connectivity index (χ3n) is 4.38. The van der Waals surface area contributed by atoms with Crippen LogP contribution in [0, 0.1) is 0 Å². The molecule has 0 fully saturated rings. The summed E-state index contributed by atoms with van der Waals surface area (Å²) in [5.74, 6) is -1.55. The van der Waals surface area contributed by atoms with E-state index in [9.17, 15) is 22.8 Å². The molecule has 1 heterocycles. The number of carbonyl (C=O) groups is 3. The zero-order valence-corrected chi connectivity index (χ0v) is 16.5. The van der Waals surface area contributed by atoms with Gasteiger partial charge in [-0.3, -0.25) is 19.3 Å². The maximum Gasteiger partial charge on any atom is 0.263 e. The number of amides is 3. The highest BCUT2D eigenvalue weighted by atomic mass is 35.5. The smallest absolute Gasteiger partial charge is 0.263 e. The number of hydrogen-bond acceptors (Lipinski definition) is 5. The van der Waals surface area contributed by atoms with Gasteiger partial charge < -0.3 is 5.32 Å². The molecule has 2 aromatic rings. The molecule has 28 heavy (non-hydrogen) atoms. The molecule has 0 atom stereocenters. The van der Waals surface area contributed by atoms with Crippen molar-refractivity contribution in [3.8, 4) is 0 Å². The average molecular weight is 421 g/mol. The number of nitrogens with zero attached hydrogens (tertiary/aromatic N) is 1. The van der Waals surface area contributed by atoms with E-state index in [4.69, 9.17) is 11.6 Å². The standard InChI is InChI=1S/C19H17ClN2O5S/c1-22-18(24)14-4-2-5-15(17(14)19(22)25)21-16(23)6-3-11-28(26,27)13-9-7-12(20)8-10-13/h2,4-5,7-10H,3,6,11H2,1H3,(H,21,23). The van der Waals surface area contributed by atoms with E-state index in [-0.39, 0.29) is 40.3 Å². The first kappa shape index (κ1) is 20.0. The fourth-order valence-electron chi connectivity index (χ4n) is 2.90. The van der Waals surface area contributed by atoms with Crippen LogP contribution in [0.25, 0.3) is 0 Å². The number of imide groups is 1.